The number of aromatic amines is 1. The number of nitrogens with one attached hydrogen (secondary N) is 2. The van der Waals surface area contributed by atoms with Crippen LogP contribution in [-0.2, 0) is 15.8 Å². The summed E-state index contributed by atoms with van der Waals surface area (Å²) in [4.78, 5) is 37.0. The highest BCUT2D eigenvalue weighted by Crippen LogP contribution is 2.31. The first-order valence-electron chi connectivity index (χ1n) is 10.6. The van der Waals surface area contributed by atoms with Crippen LogP contribution in [0.2, 0.25) is 0 Å². The van der Waals surface area contributed by atoms with Crippen LogP contribution in [0.25, 0.3) is 0 Å². The minimum atomic E-state index is -4.87. The van der Waals surface area contributed by atoms with Crippen molar-refractivity contribution in [3.8, 4) is 6.07 Å². The van der Waals surface area contributed by atoms with E-state index in [0.29, 0.717) is 25.2 Å². The Morgan fingerprint density at radius 3 is 2.83 bits per heavy atom. The second-order valence-electron chi connectivity index (χ2n) is 7.85. The van der Waals surface area contributed by atoms with Crippen LogP contribution in [-0.4, -0.2) is 70.5 Å². The fourth-order valence-electron chi connectivity index (χ4n) is 3.56. The maximum Gasteiger partial charge on any atom is 0.423 e. The summed E-state index contributed by atoms with van der Waals surface area (Å²) < 4.78 is 39.3. The van der Waals surface area contributed by atoms with E-state index in [-0.39, 0.29) is 18.6 Å². The van der Waals surface area contributed by atoms with E-state index in [9.17, 15) is 22.8 Å². The Labute approximate surface area is 198 Å². The van der Waals surface area contributed by atoms with Crippen molar-refractivity contribution >= 4 is 23.6 Å². The number of anilines is 2. The monoisotopic (exact) mass is 492 g/mol. The lowest BCUT2D eigenvalue weighted by Gasteiger charge is -2.40. The standard InChI is InChI=1S/C21H23F3N8O3/c1-13(29-16-10-27-30-20(34)19(16)21(22,23)24)8-28-35-12-18(33)32-6-5-31(11-14(32)2)17-4-3-15(7-25)9-26-17/h3-4,8-10,13-14H,5-6,11-12H2,1-2H3,(H2,29,30,34)/b28-8+/t13-,14+/m0/s1. The van der Waals surface area contributed by atoms with Crippen molar-refractivity contribution in [1.29, 1.82) is 5.26 Å². The first-order valence-corrected chi connectivity index (χ1v) is 10.6. The van der Waals surface area contributed by atoms with Gasteiger partial charge in [-0.05, 0) is 26.0 Å². The van der Waals surface area contributed by atoms with E-state index in [4.69, 9.17) is 10.1 Å². The van der Waals surface area contributed by atoms with Gasteiger partial charge in [-0.25, -0.2) is 10.1 Å². The third-order valence-corrected chi connectivity index (χ3v) is 5.22. The topological polar surface area (TPSA) is 140 Å². The van der Waals surface area contributed by atoms with Crippen molar-refractivity contribution in [2.75, 3.05) is 36.5 Å². The van der Waals surface area contributed by atoms with E-state index in [1.165, 1.54) is 19.3 Å². The summed E-state index contributed by atoms with van der Waals surface area (Å²) >= 11 is 0. The summed E-state index contributed by atoms with van der Waals surface area (Å²) in [5.74, 6) is 0.426. The highest BCUT2D eigenvalue weighted by Gasteiger charge is 2.37. The highest BCUT2D eigenvalue weighted by molar-refractivity contribution is 5.78. The van der Waals surface area contributed by atoms with E-state index in [0.717, 1.165) is 12.0 Å². The van der Waals surface area contributed by atoms with Gasteiger partial charge in [0.2, 0.25) is 0 Å². The van der Waals surface area contributed by atoms with Crippen molar-refractivity contribution in [2.45, 2.75) is 32.1 Å². The zero-order chi connectivity index (χ0) is 25.6. The molecule has 0 saturated carbocycles. The van der Waals surface area contributed by atoms with Crippen LogP contribution in [0.5, 0.6) is 0 Å². The number of nitriles is 1. The fraction of sp³-hybridized carbons (Fsp3) is 0.429. The number of piperazine rings is 1. The van der Waals surface area contributed by atoms with E-state index < -0.39 is 29.0 Å². The summed E-state index contributed by atoms with van der Waals surface area (Å²) in [7, 11) is 0. The molecule has 0 bridgehead atoms. The Balaban J connectivity index is 1.49. The quantitative estimate of drug-likeness (QED) is 0.439. The second-order valence-corrected chi connectivity index (χ2v) is 7.85. The number of hydrogen-bond acceptors (Lipinski definition) is 9. The molecule has 0 unspecified atom stereocenters. The number of pyridine rings is 1. The van der Waals surface area contributed by atoms with Gasteiger partial charge in [0.15, 0.2) is 6.61 Å². The molecule has 3 heterocycles. The number of aromatic nitrogens is 3. The molecule has 2 atom stereocenters. The van der Waals surface area contributed by atoms with Crippen LogP contribution in [0.4, 0.5) is 24.7 Å². The van der Waals surface area contributed by atoms with Crippen molar-refractivity contribution in [2.24, 2.45) is 5.16 Å². The van der Waals surface area contributed by atoms with E-state index in [2.05, 4.69) is 20.6 Å². The van der Waals surface area contributed by atoms with Gasteiger partial charge >= 0.3 is 6.18 Å². The molecule has 0 radical (unpaired) electrons. The number of amides is 1. The molecular weight excluding hydrogens is 469 g/mol. The Kier molecular flexibility index (Phi) is 7.90. The molecule has 1 aliphatic rings. The minimum Gasteiger partial charge on any atom is -0.386 e. The molecule has 2 aromatic heterocycles. The predicted molar refractivity (Wildman–Crippen MR) is 120 cm³/mol. The second kappa shape index (κ2) is 10.9. The maximum absolute atomic E-state index is 13.1. The lowest BCUT2D eigenvalue weighted by molar-refractivity contribution is -0.139. The van der Waals surface area contributed by atoms with Crippen LogP contribution in [0.15, 0.2) is 34.5 Å². The fourth-order valence-corrected chi connectivity index (χ4v) is 3.56. The van der Waals surface area contributed by atoms with E-state index in [1.54, 1.807) is 22.1 Å². The number of carbonyl (C=O) groups is 1. The van der Waals surface area contributed by atoms with E-state index in [1.807, 2.05) is 17.9 Å². The molecule has 2 aromatic rings. The molecule has 2 N–H and O–H groups in total. The number of halogens is 3. The summed E-state index contributed by atoms with van der Waals surface area (Å²) in [6.45, 7) is 4.56. The summed E-state index contributed by atoms with van der Waals surface area (Å²) in [5.41, 5.74) is -2.79. The van der Waals surface area contributed by atoms with Gasteiger partial charge in [0.25, 0.3) is 11.5 Å². The van der Waals surface area contributed by atoms with Crippen LogP contribution < -0.4 is 15.8 Å². The van der Waals surface area contributed by atoms with Crippen LogP contribution in [0.3, 0.4) is 0 Å². The molecular formula is C21H23F3N8O3. The Hall–Kier alpha value is -4.15. The maximum atomic E-state index is 13.1. The smallest absolute Gasteiger partial charge is 0.386 e. The number of H-pyrrole nitrogens is 1. The zero-order valence-corrected chi connectivity index (χ0v) is 18.9. The molecule has 35 heavy (non-hydrogen) atoms. The molecule has 1 amide bonds. The lowest BCUT2D eigenvalue weighted by atomic mass is 10.2. The normalized spacial score (nSPS) is 17.2. The largest absolute Gasteiger partial charge is 0.423 e. The molecule has 0 aromatic carbocycles. The van der Waals surface area contributed by atoms with Gasteiger partial charge in [-0.2, -0.15) is 23.5 Å². The van der Waals surface area contributed by atoms with Gasteiger partial charge in [0, 0.05) is 31.9 Å². The van der Waals surface area contributed by atoms with Gasteiger partial charge < -0.3 is 20.0 Å². The van der Waals surface area contributed by atoms with Gasteiger partial charge in [0.05, 0.1) is 29.7 Å². The summed E-state index contributed by atoms with van der Waals surface area (Å²) in [6.07, 6.45) is -1.34. The number of oxime groups is 1. The van der Waals surface area contributed by atoms with Gasteiger partial charge in [-0.1, -0.05) is 5.16 Å². The van der Waals surface area contributed by atoms with Crippen molar-refractivity contribution < 1.29 is 22.8 Å². The number of hydrogen-bond donors (Lipinski definition) is 2. The molecule has 1 saturated heterocycles. The third-order valence-electron chi connectivity index (χ3n) is 5.22. The number of nitrogens with zero attached hydrogens (tertiary/aromatic N) is 6. The molecule has 0 spiro atoms. The number of alkyl halides is 3. The van der Waals surface area contributed by atoms with Gasteiger partial charge in [-0.15, -0.1) is 0 Å². The third kappa shape index (κ3) is 6.46. The number of rotatable bonds is 7. The van der Waals surface area contributed by atoms with Crippen LogP contribution in [0, 0.1) is 11.3 Å². The Bertz CT molecular complexity index is 1160. The lowest BCUT2D eigenvalue weighted by Crippen LogP contribution is -2.55. The van der Waals surface area contributed by atoms with Crippen LogP contribution in [0.1, 0.15) is 25.0 Å². The Morgan fingerprint density at radius 1 is 1.43 bits per heavy atom. The van der Waals surface area contributed by atoms with Crippen LogP contribution >= 0.6 is 0 Å². The molecule has 186 valence electrons. The average Bonchev–Trinajstić information content (AvgIpc) is 2.81. The molecule has 1 aliphatic heterocycles. The summed E-state index contributed by atoms with van der Waals surface area (Å²) in [5, 5.41) is 20.2. The summed E-state index contributed by atoms with van der Waals surface area (Å²) in [6, 6.07) is 4.57. The minimum absolute atomic E-state index is 0.133. The highest BCUT2D eigenvalue weighted by atomic mass is 19.4. The van der Waals surface area contributed by atoms with Crippen molar-refractivity contribution in [3.63, 3.8) is 0 Å². The molecule has 3 rings (SSSR count). The van der Waals surface area contributed by atoms with E-state index >= 15 is 0 Å². The predicted octanol–water partition coefficient (Wildman–Crippen LogP) is 1.60. The van der Waals surface area contributed by atoms with Gasteiger partial charge in [0.1, 0.15) is 17.5 Å². The average molecular weight is 492 g/mol. The first-order chi connectivity index (χ1) is 16.6. The van der Waals surface area contributed by atoms with Crippen molar-refractivity contribution in [1.82, 2.24) is 20.1 Å². The number of carbonyl (C=O) groups excluding carboxylic acids is 1. The molecule has 1 fully saturated rings. The Morgan fingerprint density at radius 2 is 2.20 bits per heavy atom. The first kappa shape index (κ1) is 25.5. The van der Waals surface area contributed by atoms with Crippen molar-refractivity contribution in [3.05, 3.63) is 46.0 Å². The van der Waals surface area contributed by atoms with Gasteiger partial charge in [-0.3, -0.25) is 9.59 Å². The SMILES string of the molecule is C[C@@H]1CN(c2ccc(C#N)cn2)CCN1C(=O)CO/N=C/[C@H](C)Nc1cn[nH]c(=O)c1C(F)(F)F. The molecule has 0 aliphatic carbocycles. The zero-order valence-electron chi connectivity index (χ0n) is 18.9. The molecule has 11 nitrogen and oxygen atoms in total. The molecule has 14 heteroatoms.